The monoisotopic (exact) mass is 275 g/mol. The molecule has 2 aromatic carbocycles. The van der Waals surface area contributed by atoms with Crippen LogP contribution < -0.4 is 4.74 Å². The number of thiol groups is 1. The Labute approximate surface area is 111 Å². The van der Waals surface area contributed by atoms with Gasteiger partial charge in [-0.05, 0) is 48.5 Å². The first kappa shape index (κ1) is 13.0. The molecule has 19 heavy (non-hydrogen) atoms. The van der Waals surface area contributed by atoms with Gasteiger partial charge in [-0.25, -0.2) is 13.2 Å². The molecule has 0 N–H and O–H groups in total. The summed E-state index contributed by atoms with van der Waals surface area (Å²) in [5.74, 6) is 1.08. The number of isocyanates is 1. The molecule has 0 amide bonds. The van der Waals surface area contributed by atoms with Gasteiger partial charge in [-0.1, -0.05) is 0 Å². The van der Waals surface area contributed by atoms with E-state index in [0.29, 0.717) is 17.2 Å². The molecule has 0 saturated carbocycles. The summed E-state index contributed by atoms with van der Waals surface area (Å²) < 4.78 is 27.0. The summed E-state index contributed by atoms with van der Waals surface area (Å²) in [6, 6.07) is 12.6. The molecule has 0 bridgehead atoms. The third-order valence-electron chi connectivity index (χ3n) is 2.29. The lowest BCUT2D eigenvalue weighted by Gasteiger charge is -2.05. The zero-order valence-corrected chi connectivity index (χ0v) is 10.5. The molecule has 0 atom stereocenters. The summed E-state index contributed by atoms with van der Waals surface area (Å²) in [5, 5.41) is 0. The third-order valence-corrected chi connectivity index (χ3v) is 3.01. The average molecular weight is 275 g/mol. The standard InChI is InChI=1S/C13H9NO4S/c15-9-14-10-1-3-11(4-2-10)18-12-5-7-13(8-6-12)19(16)17/h1-8,19H. The number of carbonyl (C=O) groups excluding carboxylic acids is 1. The first-order valence-corrected chi connectivity index (χ1v) is 6.47. The Hall–Kier alpha value is -2.43. The summed E-state index contributed by atoms with van der Waals surface area (Å²) >= 11 is 0. The summed E-state index contributed by atoms with van der Waals surface area (Å²) in [5.41, 5.74) is 0.487. The maximum atomic E-state index is 10.7. The van der Waals surface area contributed by atoms with E-state index in [1.54, 1.807) is 36.4 Å². The number of nitrogens with zero attached hydrogens (tertiary/aromatic N) is 1. The first-order valence-electron chi connectivity index (χ1n) is 5.29. The Morgan fingerprint density at radius 1 is 0.895 bits per heavy atom. The van der Waals surface area contributed by atoms with Crippen molar-refractivity contribution in [3.63, 3.8) is 0 Å². The van der Waals surface area contributed by atoms with E-state index in [0.717, 1.165) is 0 Å². The largest absolute Gasteiger partial charge is 0.457 e. The van der Waals surface area contributed by atoms with Gasteiger partial charge in [-0.2, -0.15) is 4.99 Å². The molecule has 0 unspecified atom stereocenters. The van der Waals surface area contributed by atoms with E-state index in [9.17, 15) is 13.2 Å². The Balaban J connectivity index is 2.14. The van der Waals surface area contributed by atoms with Crippen LogP contribution in [-0.4, -0.2) is 14.5 Å². The minimum Gasteiger partial charge on any atom is -0.457 e. The van der Waals surface area contributed by atoms with Gasteiger partial charge in [0.15, 0.2) is 10.7 Å². The molecular weight excluding hydrogens is 266 g/mol. The lowest BCUT2D eigenvalue weighted by Crippen LogP contribution is -1.85. The van der Waals surface area contributed by atoms with Crippen molar-refractivity contribution in [3.8, 4) is 11.5 Å². The molecule has 0 aromatic heterocycles. The molecule has 0 spiro atoms. The van der Waals surface area contributed by atoms with Gasteiger partial charge in [0.2, 0.25) is 6.08 Å². The van der Waals surface area contributed by atoms with Crippen molar-refractivity contribution in [1.82, 2.24) is 0 Å². The molecule has 0 heterocycles. The molecule has 6 heteroatoms. The number of rotatable bonds is 4. The Morgan fingerprint density at radius 3 is 1.89 bits per heavy atom. The fraction of sp³-hybridized carbons (Fsp3) is 0. The number of ether oxygens (including phenoxy) is 1. The molecule has 0 aliphatic heterocycles. The van der Waals surface area contributed by atoms with Crippen LogP contribution in [0.3, 0.4) is 0 Å². The highest BCUT2D eigenvalue weighted by Crippen LogP contribution is 2.24. The summed E-state index contributed by atoms with van der Waals surface area (Å²) in [6.07, 6.45) is 1.45. The van der Waals surface area contributed by atoms with Crippen molar-refractivity contribution >= 4 is 22.5 Å². The van der Waals surface area contributed by atoms with E-state index < -0.39 is 10.7 Å². The number of hydrogen-bond donors (Lipinski definition) is 1. The predicted molar refractivity (Wildman–Crippen MR) is 69.3 cm³/mol. The fourth-order valence-electron chi connectivity index (χ4n) is 1.41. The summed E-state index contributed by atoms with van der Waals surface area (Å²) in [6.45, 7) is 0. The maximum absolute atomic E-state index is 10.7. The Kier molecular flexibility index (Phi) is 4.07. The second-order valence-corrected chi connectivity index (χ2v) is 4.58. The minimum absolute atomic E-state index is 0.234. The highest BCUT2D eigenvalue weighted by atomic mass is 32.2. The fourth-order valence-corrected chi connectivity index (χ4v) is 1.81. The van der Waals surface area contributed by atoms with E-state index in [1.807, 2.05) is 0 Å². The van der Waals surface area contributed by atoms with Crippen LogP contribution in [0.15, 0.2) is 58.4 Å². The molecule has 0 saturated heterocycles. The van der Waals surface area contributed by atoms with Gasteiger partial charge in [-0.3, -0.25) is 0 Å². The zero-order chi connectivity index (χ0) is 13.7. The van der Waals surface area contributed by atoms with Crippen molar-refractivity contribution in [2.45, 2.75) is 4.90 Å². The van der Waals surface area contributed by atoms with Crippen LogP contribution in [-0.2, 0) is 15.5 Å². The van der Waals surface area contributed by atoms with E-state index in [1.165, 1.54) is 18.2 Å². The van der Waals surface area contributed by atoms with Crippen LogP contribution in [0.1, 0.15) is 0 Å². The van der Waals surface area contributed by atoms with Gasteiger partial charge < -0.3 is 4.74 Å². The SMILES string of the molecule is O=C=Nc1ccc(Oc2ccc([SH](=O)=O)cc2)cc1. The topological polar surface area (TPSA) is 72.8 Å². The average Bonchev–Trinajstić information content (AvgIpc) is 2.42. The normalized spacial score (nSPS) is 9.95. The molecular formula is C13H9NO4S. The molecule has 0 aliphatic rings. The van der Waals surface area contributed by atoms with Gasteiger partial charge in [-0.15, -0.1) is 0 Å². The lowest BCUT2D eigenvalue weighted by molar-refractivity contribution is 0.482. The number of hydrogen-bond acceptors (Lipinski definition) is 5. The molecule has 2 aromatic rings. The van der Waals surface area contributed by atoms with Gasteiger partial charge in [0.25, 0.3) is 0 Å². The highest BCUT2D eigenvalue weighted by Gasteiger charge is 1.99. The molecule has 0 radical (unpaired) electrons. The van der Waals surface area contributed by atoms with Crippen molar-refractivity contribution in [1.29, 1.82) is 0 Å². The van der Waals surface area contributed by atoms with Crippen LogP contribution >= 0.6 is 0 Å². The minimum atomic E-state index is -2.58. The maximum Gasteiger partial charge on any atom is 0.240 e. The first-order chi connectivity index (χ1) is 9.19. The number of aliphatic imine (C=N–C) groups is 1. The van der Waals surface area contributed by atoms with Gasteiger partial charge in [0.1, 0.15) is 11.5 Å². The molecule has 0 fully saturated rings. The Bertz CT molecular complexity index is 676. The van der Waals surface area contributed by atoms with Crippen molar-refractivity contribution < 1.29 is 17.9 Å². The zero-order valence-electron chi connectivity index (χ0n) is 9.65. The molecule has 96 valence electrons. The summed E-state index contributed by atoms with van der Waals surface area (Å²) in [7, 11) is -2.58. The second kappa shape index (κ2) is 5.95. The van der Waals surface area contributed by atoms with E-state index in [4.69, 9.17) is 4.74 Å². The van der Waals surface area contributed by atoms with Gasteiger partial charge in [0, 0.05) is 0 Å². The van der Waals surface area contributed by atoms with Crippen LogP contribution in [0, 0.1) is 0 Å². The van der Waals surface area contributed by atoms with Crippen LogP contribution in [0.2, 0.25) is 0 Å². The van der Waals surface area contributed by atoms with Gasteiger partial charge in [0.05, 0.1) is 10.6 Å². The smallest absolute Gasteiger partial charge is 0.240 e. The summed E-state index contributed by atoms with van der Waals surface area (Å²) in [4.78, 5) is 13.8. The van der Waals surface area contributed by atoms with E-state index in [2.05, 4.69) is 4.99 Å². The van der Waals surface area contributed by atoms with Crippen LogP contribution in [0.4, 0.5) is 5.69 Å². The highest BCUT2D eigenvalue weighted by molar-refractivity contribution is 7.72. The molecule has 5 nitrogen and oxygen atoms in total. The van der Waals surface area contributed by atoms with Crippen LogP contribution in [0.25, 0.3) is 0 Å². The number of benzene rings is 2. The lowest BCUT2D eigenvalue weighted by atomic mass is 10.3. The Morgan fingerprint density at radius 2 is 1.42 bits per heavy atom. The van der Waals surface area contributed by atoms with Crippen molar-refractivity contribution in [2.75, 3.05) is 0 Å². The quantitative estimate of drug-likeness (QED) is 0.528. The van der Waals surface area contributed by atoms with E-state index >= 15 is 0 Å². The van der Waals surface area contributed by atoms with Crippen LogP contribution in [0.5, 0.6) is 11.5 Å². The van der Waals surface area contributed by atoms with Crippen molar-refractivity contribution in [2.24, 2.45) is 4.99 Å². The third kappa shape index (κ3) is 3.51. The predicted octanol–water partition coefficient (Wildman–Crippen LogP) is 2.42. The second-order valence-electron chi connectivity index (χ2n) is 3.55. The van der Waals surface area contributed by atoms with Gasteiger partial charge >= 0.3 is 0 Å². The molecule has 2 rings (SSSR count). The molecule has 0 aliphatic carbocycles. The van der Waals surface area contributed by atoms with E-state index in [-0.39, 0.29) is 4.90 Å². The van der Waals surface area contributed by atoms with Crippen molar-refractivity contribution in [3.05, 3.63) is 48.5 Å².